The lowest BCUT2D eigenvalue weighted by Crippen LogP contribution is -2.27. The molecule has 1 aromatic heterocycles. The van der Waals surface area contributed by atoms with Gasteiger partial charge in [-0.25, -0.2) is 0 Å². The molecule has 6 nitrogen and oxygen atoms in total. The zero-order chi connectivity index (χ0) is 14.2. The van der Waals surface area contributed by atoms with Crippen LogP contribution in [0.5, 0.6) is 0 Å². The molecule has 0 saturated carbocycles. The topological polar surface area (TPSA) is 82.3 Å². The number of ketones is 1. The summed E-state index contributed by atoms with van der Waals surface area (Å²) in [6.45, 7) is 4.81. The van der Waals surface area contributed by atoms with Gasteiger partial charge >= 0.3 is 6.23 Å². The second-order valence-electron chi connectivity index (χ2n) is 4.53. The average Bonchev–Trinajstić information content (AvgIpc) is 2.67. The van der Waals surface area contributed by atoms with Gasteiger partial charge in [-0.2, -0.15) is 0 Å². The number of pyridine rings is 1. The molecule has 1 aromatic rings. The number of aromatic nitrogens is 1. The van der Waals surface area contributed by atoms with Crippen LogP contribution in [0, 0.1) is 17.0 Å². The van der Waals surface area contributed by atoms with Gasteiger partial charge in [-0.1, -0.05) is 0 Å². The number of hydrogen-bond donors (Lipinski definition) is 0. The molecule has 19 heavy (non-hydrogen) atoms. The van der Waals surface area contributed by atoms with Gasteiger partial charge in [-0.3, -0.25) is 19.9 Å². The van der Waals surface area contributed by atoms with E-state index in [1.165, 1.54) is 6.92 Å². The average molecular weight is 262 g/mol. The van der Waals surface area contributed by atoms with Crippen LogP contribution in [0.3, 0.4) is 0 Å². The molecule has 1 aliphatic rings. The van der Waals surface area contributed by atoms with Crippen molar-refractivity contribution in [3.8, 4) is 0 Å². The van der Waals surface area contributed by atoms with Crippen molar-refractivity contribution in [2.75, 3.05) is 0 Å². The van der Waals surface area contributed by atoms with Crippen molar-refractivity contribution in [3.05, 3.63) is 51.0 Å². The van der Waals surface area contributed by atoms with E-state index in [0.717, 1.165) is 5.56 Å². The molecule has 0 saturated heterocycles. The van der Waals surface area contributed by atoms with Gasteiger partial charge in [0.25, 0.3) is 0 Å². The Balaban J connectivity index is 2.57. The molecule has 0 radical (unpaired) electrons. The summed E-state index contributed by atoms with van der Waals surface area (Å²) in [5, 5.41) is 11.1. The van der Waals surface area contributed by atoms with E-state index in [4.69, 9.17) is 4.74 Å². The number of ether oxygens (including phenoxy) is 1. The third-order valence-corrected chi connectivity index (χ3v) is 3.27. The van der Waals surface area contributed by atoms with Crippen LogP contribution in [-0.2, 0) is 9.53 Å². The van der Waals surface area contributed by atoms with E-state index >= 15 is 0 Å². The van der Waals surface area contributed by atoms with E-state index < -0.39 is 17.1 Å². The SMILES string of the molecule is CC(=O)C1=C(C)OC([N+](=O)[O-])C1c1cnccc1C. The van der Waals surface area contributed by atoms with Crippen LogP contribution in [0.2, 0.25) is 0 Å². The van der Waals surface area contributed by atoms with Crippen molar-refractivity contribution in [1.29, 1.82) is 0 Å². The monoisotopic (exact) mass is 262 g/mol. The summed E-state index contributed by atoms with van der Waals surface area (Å²) in [5.74, 6) is -0.584. The van der Waals surface area contributed by atoms with Gasteiger partial charge in [0.15, 0.2) is 5.78 Å². The van der Waals surface area contributed by atoms with Crippen molar-refractivity contribution < 1.29 is 14.5 Å². The zero-order valence-corrected chi connectivity index (χ0v) is 10.9. The first kappa shape index (κ1) is 13.2. The van der Waals surface area contributed by atoms with Crippen molar-refractivity contribution in [3.63, 3.8) is 0 Å². The highest BCUT2D eigenvalue weighted by Gasteiger charge is 2.46. The Morgan fingerprint density at radius 1 is 1.47 bits per heavy atom. The molecule has 1 aliphatic heterocycles. The predicted octanol–water partition coefficient (Wildman–Crippen LogP) is 1.97. The van der Waals surface area contributed by atoms with Gasteiger partial charge in [0.05, 0.1) is 10.5 Å². The van der Waals surface area contributed by atoms with Crippen LogP contribution >= 0.6 is 0 Å². The number of rotatable bonds is 3. The number of allylic oxidation sites excluding steroid dienone is 1. The van der Waals surface area contributed by atoms with E-state index in [9.17, 15) is 14.9 Å². The fraction of sp³-hybridized carbons (Fsp3) is 0.385. The molecule has 0 aliphatic carbocycles. The summed E-state index contributed by atoms with van der Waals surface area (Å²) in [6.07, 6.45) is 1.91. The lowest BCUT2D eigenvalue weighted by atomic mass is 9.87. The first-order valence-corrected chi connectivity index (χ1v) is 5.86. The molecule has 0 amide bonds. The number of nitro groups is 1. The Morgan fingerprint density at radius 3 is 2.68 bits per heavy atom. The number of hydrogen-bond acceptors (Lipinski definition) is 5. The molecule has 100 valence electrons. The zero-order valence-electron chi connectivity index (χ0n) is 10.9. The Labute approximate surface area is 110 Å². The van der Waals surface area contributed by atoms with Gasteiger partial charge in [0.1, 0.15) is 11.7 Å². The van der Waals surface area contributed by atoms with Gasteiger partial charge in [-0.15, -0.1) is 0 Å². The van der Waals surface area contributed by atoms with Crippen LogP contribution in [0.25, 0.3) is 0 Å². The summed E-state index contributed by atoms with van der Waals surface area (Å²) in [7, 11) is 0. The molecule has 2 unspecified atom stereocenters. The fourth-order valence-electron chi connectivity index (χ4n) is 2.42. The summed E-state index contributed by atoms with van der Waals surface area (Å²) in [4.78, 5) is 26.4. The maximum Gasteiger partial charge on any atom is 0.364 e. The quantitative estimate of drug-likeness (QED) is 0.614. The van der Waals surface area contributed by atoms with Crippen LogP contribution in [0.15, 0.2) is 29.8 Å². The second kappa shape index (κ2) is 4.79. The molecule has 0 fully saturated rings. The van der Waals surface area contributed by atoms with Crippen LogP contribution in [0.4, 0.5) is 0 Å². The van der Waals surface area contributed by atoms with Crippen molar-refractivity contribution in [2.24, 2.45) is 0 Å². The van der Waals surface area contributed by atoms with Gasteiger partial charge in [-0.05, 0) is 38.0 Å². The Bertz CT molecular complexity index is 580. The molecule has 6 heteroatoms. The molecule has 0 aromatic carbocycles. The Hall–Kier alpha value is -2.24. The van der Waals surface area contributed by atoms with Crippen molar-refractivity contribution in [1.82, 2.24) is 4.98 Å². The van der Waals surface area contributed by atoms with Crippen molar-refractivity contribution >= 4 is 5.78 Å². The number of nitrogens with zero attached hydrogens (tertiary/aromatic N) is 2. The summed E-state index contributed by atoms with van der Waals surface area (Å²) >= 11 is 0. The highest BCUT2D eigenvalue weighted by Crippen LogP contribution is 2.40. The molecule has 2 heterocycles. The van der Waals surface area contributed by atoms with Gasteiger partial charge in [0, 0.05) is 12.4 Å². The largest absolute Gasteiger partial charge is 0.434 e. The molecular weight excluding hydrogens is 248 g/mol. The molecule has 0 bridgehead atoms. The normalized spacial score (nSPS) is 22.3. The maximum atomic E-state index is 11.7. The second-order valence-corrected chi connectivity index (χ2v) is 4.53. The lowest BCUT2D eigenvalue weighted by molar-refractivity contribution is -0.570. The first-order valence-electron chi connectivity index (χ1n) is 5.86. The lowest BCUT2D eigenvalue weighted by Gasteiger charge is -2.15. The van der Waals surface area contributed by atoms with Gasteiger partial charge in [0.2, 0.25) is 0 Å². The highest BCUT2D eigenvalue weighted by atomic mass is 16.7. The highest BCUT2D eigenvalue weighted by molar-refractivity contribution is 5.96. The van der Waals surface area contributed by atoms with Crippen LogP contribution < -0.4 is 0 Å². The number of Topliss-reactive ketones (excluding diaryl/α,β-unsaturated/α-hetero) is 1. The van der Waals surface area contributed by atoms with E-state index in [-0.39, 0.29) is 5.78 Å². The summed E-state index contributed by atoms with van der Waals surface area (Å²) in [6, 6.07) is 1.76. The molecular formula is C13H14N2O4. The molecule has 0 N–H and O–H groups in total. The minimum absolute atomic E-state index is 0.213. The Kier molecular flexibility index (Phi) is 3.33. The number of carbonyl (C=O) groups excluding carboxylic acids is 1. The maximum absolute atomic E-state index is 11.7. The third-order valence-electron chi connectivity index (χ3n) is 3.27. The number of aryl methyl sites for hydroxylation is 1. The van der Waals surface area contributed by atoms with E-state index in [1.54, 1.807) is 25.4 Å². The van der Waals surface area contributed by atoms with Gasteiger partial charge < -0.3 is 4.74 Å². The first-order chi connectivity index (χ1) is 8.93. The van der Waals surface area contributed by atoms with E-state index in [1.807, 2.05) is 6.92 Å². The molecule has 0 spiro atoms. The molecule has 2 atom stereocenters. The smallest absolute Gasteiger partial charge is 0.364 e. The molecule has 2 rings (SSSR count). The standard InChI is InChI=1S/C13H14N2O4/c1-7-4-5-14-6-10(7)12-11(8(2)16)9(3)19-13(12)15(17)18/h4-6,12-13H,1-3H3. The fourth-order valence-corrected chi connectivity index (χ4v) is 2.42. The van der Waals surface area contributed by atoms with Crippen molar-refractivity contribution in [2.45, 2.75) is 32.9 Å². The predicted molar refractivity (Wildman–Crippen MR) is 67.0 cm³/mol. The van der Waals surface area contributed by atoms with Crippen LogP contribution in [-0.4, -0.2) is 21.9 Å². The van der Waals surface area contributed by atoms with E-state index in [2.05, 4.69) is 4.98 Å². The number of carbonyl (C=O) groups is 1. The van der Waals surface area contributed by atoms with E-state index in [0.29, 0.717) is 16.9 Å². The summed E-state index contributed by atoms with van der Waals surface area (Å²) in [5.41, 5.74) is 1.87. The summed E-state index contributed by atoms with van der Waals surface area (Å²) < 4.78 is 5.25. The minimum Gasteiger partial charge on any atom is -0.434 e. The van der Waals surface area contributed by atoms with Crippen LogP contribution in [0.1, 0.15) is 30.9 Å². The minimum atomic E-state index is -1.26. The third kappa shape index (κ3) is 2.21. The Morgan fingerprint density at radius 2 is 2.16 bits per heavy atom.